The lowest BCUT2D eigenvalue weighted by Crippen LogP contribution is -2.58. The van der Waals surface area contributed by atoms with E-state index in [0.717, 1.165) is 12.8 Å². The molecule has 0 unspecified atom stereocenters. The fraction of sp³-hybridized carbons (Fsp3) is 0.333. The van der Waals surface area contributed by atoms with Gasteiger partial charge in [-0.15, -0.1) is 0 Å². The van der Waals surface area contributed by atoms with Crippen molar-refractivity contribution >= 4 is 21.8 Å². The molecule has 0 aromatic heterocycles. The second-order valence-electron chi connectivity index (χ2n) is 10.1. The molecule has 224 valence electrons. The lowest BCUT2D eigenvalue weighted by Gasteiger charge is -2.38. The van der Waals surface area contributed by atoms with Crippen LogP contribution in [0.2, 0.25) is 0 Å². The number of rotatable bonds is 12. The number of halogens is 1. The molecule has 1 heterocycles. The first kappa shape index (κ1) is 31.1. The van der Waals surface area contributed by atoms with Crippen molar-refractivity contribution in [1.29, 1.82) is 0 Å². The molecule has 12 heteroatoms. The van der Waals surface area contributed by atoms with E-state index in [1.165, 1.54) is 47.5 Å². The quantitative estimate of drug-likeness (QED) is 0.166. The maximum absolute atomic E-state index is 13.2. The Morgan fingerprint density at radius 2 is 1.69 bits per heavy atom. The van der Waals surface area contributed by atoms with Crippen LogP contribution in [0.5, 0.6) is 5.75 Å². The number of aryl methyl sites for hydroxylation is 2. The highest BCUT2D eigenvalue weighted by molar-refractivity contribution is 7.89. The summed E-state index contributed by atoms with van der Waals surface area (Å²) in [6.45, 7) is 3.31. The van der Waals surface area contributed by atoms with Crippen LogP contribution in [0, 0.1) is 12.7 Å². The molecule has 3 N–H and O–H groups in total. The number of ether oxygens (including phenoxy) is 1. The zero-order valence-corrected chi connectivity index (χ0v) is 24.1. The highest BCUT2D eigenvalue weighted by Crippen LogP contribution is 2.18. The van der Waals surface area contributed by atoms with E-state index in [0.29, 0.717) is 17.9 Å². The Bertz CT molecular complexity index is 1460. The first-order valence-corrected chi connectivity index (χ1v) is 15.2. The van der Waals surface area contributed by atoms with E-state index in [-0.39, 0.29) is 43.5 Å². The SMILES string of the molecule is Cc1cccc(CCCOc2ccc(S(=O)(=O)NC[C@@H](C(=O)NO)N3CCN(C(=O)c4ccc(F)cc4)CC3)cc2)c1. The normalized spacial score (nSPS) is 14.8. The first-order chi connectivity index (χ1) is 20.2. The highest BCUT2D eigenvalue weighted by atomic mass is 32.2. The van der Waals surface area contributed by atoms with Crippen LogP contribution in [0.15, 0.2) is 77.7 Å². The second kappa shape index (κ2) is 14.4. The molecule has 0 radical (unpaired) electrons. The summed E-state index contributed by atoms with van der Waals surface area (Å²) >= 11 is 0. The number of amides is 2. The van der Waals surface area contributed by atoms with Gasteiger partial charge in [0.1, 0.15) is 17.6 Å². The van der Waals surface area contributed by atoms with E-state index in [1.807, 2.05) is 6.07 Å². The number of piperazine rings is 1. The van der Waals surface area contributed by atoms with Crippen LogP contribution >= 0.6 is 0 Å². The minimum atomic E-state index is -3.97. The fourth-order valence-electron chi connectivity index (χ4n) is 4.79. The zero-order valence-electron chi connectivity index (χ0n) is 23.3. The Labute approximate surface area is 245 Å². The molecule has 3 aromatic rings. The van der Waals surface area contributed by atoms with Gasteiger partial charge in [0.2, 0.25) is 10.0 Å². The van der Waals surface area contributed by atoms with Crippen molar-refractivity contribution < 1.29 is 32.3 Å². The molecule has 4 rings (SSSR count). The molecule has 1 aliphatic rings. The van der Waals surface area contributed by atoms with Crippen molar-refractivity contribution in [2.75, 3.05) is 39.3 Å². The Kier molecular flexibility index (Phi) is 10.6. The number of hydroxylamine groups is 1. The van der Waals surface area contributed by atoms with Gasteiger partial charge in [-0.2, -0.15) is 0 Å². The number of hydrogen-bond donors (Lipinski definition) is 3. The van der Waals surface area contributed by atoms with E-state index in [1.54, 1.807) is 27.4 Å². The smallest absolute Gasteiger partial charge is 0.262 e. The molecule has 0 aliphatic carbocycles. The van der Waals surface area contributed by atoms with Crippen LogP contribution in [0.3, 0.4) is 0 Å². The maximum Gasteiger partial charge on any atom is 0.262 e. The van der Waals surface area contributed by atoms with Crippen LogP contribution in [0.4, 0.5) is 4.39 Å². The van der Waals surface area contributed by atoms with Crippen molar-refractivity contribution in [2.45, 2.75) is 30.7 Å². The van der Waals surface area contributed by atoms with E-state index >= 15 is 0 Å². The van der Waals surface area contributed by atoms with Crippen LogP contribution < -0.4 is 14.9 Å². The predicted molar refractivity (Wildman–Crippen MR) is 154 cm³/mol. The topological polar surface area (TPSA) is 128 Å². The van der Waals surface area contributed by atoms with Gasteiger partial charge in [-0.25, -0.2) is 23.0 Å². The number of nitrogens with one attached hydrogen (secondary N) is 2. The van der Waals surface area contributed by atoms with Gasteiger partial charge in [-0.05, 0) is 73.9 Å². The number of carbonyl (C=O) groups excluding carboxylic acids is 2. The maximum atomic E-state index is 13.2. The molecule has 1 atom stereocenters. The Morgan fingerprint density at radius 3 is 2.33 bits per heavy atom. The second-order valence-corrected chi connectivity index (χ2v) is 11.9. The van der Waals surface area contributed by atoms with Crippen molar-refractivity contribution in [3.05, 3.63) is 95.3 Å². The minimum Gasteiger partial charge on any atom is -0.494 e. The number of carbonyl (C=O) groups is 2. The molecule has 0 spiro atoms. The number of benzene rings is 3. The molecule has 1 saturated heterocycles. The molecule has 0 bridgehead atoms. The number of hydrogen-bond acceptors (Lipinski definition) is 7. The van der Waals surface area contributed by atoms with Gasteiger partial charge in [-0.3, -0.25) is 19.7 Å². The third-order valence-electron chi connectivity index (χ3n) is 7.11. The van der Waals surface area contributed by atoms with Gasteiger partial charge in [0.15, 0.2) is 0 Å². The fourth-order valence-corrected chi connectivity index (χ4v) is 5.83. The third-order valence-corrected chi connectivity index (χ3v) is 8.55. The molecule has 1 fully saturated rings. The summed E-state index contributed by atoms with van der Waals surface area (Å²) in [6.07, 6.45) is 1.69. The summed E-state index contributed by atoms with van der Waals surface area (Å²) < 4.78 is 47.3. The summed E-state index contributed by atoms with van der Waals surface area (Å²) in [5.41, 5.74) is 4.39. The van der Waals surface area contributed by atoms with E-state index in [4.69, 9.17) is 4.74 Å². The van der Waals surface area contributed by atoms with Gasteiger partial charge in [0.25, 0.3) is 11.8 Å². The summed E-state index contributed by atoms with van der Waals surface area (Å²) in [5, 5.41) is 9.28. The lowest BCUT2D eigenvalue weighted by molar-refractivity contribution is -0.135. The Hall–Kier alpha value is -3.84. The van der Waals surface area contributed by atoms with E-state index < -0.39 is 27.8 Å². The average Bonchev–Trinajstić information content (AvgIpc) is 3.00. The number of sulfonamides is 1. The molecular weight excluding hydrogens is 563 g/mol. The van der Waals surface area contributed by atoms with Crippen molar-refractivity contribution in [3.8, 4) is 5.75 Å². The van der Waals surface area contributed by atoms with E-state index in [9.17, 15) is 27.6 Å². The molecule has 3 aromatic carbocycles. The van der Waals surface area contributed by atoms with Gasteiger partial charge >= 0.3 is 0 Å². The van der Waals surface area contributed by atoms with Gasteiger partial charge in [0, 0.05) is 38.3 Å². The lowest BCUT2D eigenvalue weighted by atomic mass is 10.1. The molecule has 2 amide bonds. The van der Waals surface area contributed by atoms with Gasteiger partial charge in [-0.1, -0.05) is 29.8 Å². The standard InChI is InChI=1S/C30H35FN4O6S/c1-22-4-2-5-23(20-22)6-3-19-41-26-11-13-27(14-12-26)42(39,40)32-21-28(29(36)33-38)34-15-17-35(18-16-34)30(37)24-7-9-25(31)10-8-24/h2,4-5,7-14,20,28,32,38H,3,6,15-19,21H2,1H3,(H,33,36)/t28-/m0/s1. The van der Waals surface area contributed by atoms with Crippen LogP contribution in [0.1, 0.15) is 27.9 Å². The third kappa shape index (κ3) is 8.35. The molecule has 10 nitrogen and oxygen atoms in total. The van der Waals surface area contributed by atoms with Gasteiger partial charge < -0.3 is 9.64 Å². The average molecular weight is 599 g/mol. The molecular formula is C30H35FN4O6S. The molecule has 42 heavy (non-hydrogen) atoms. The minimum absolute atomic E-state index is 0.00693. The summed E-state index contributed by atoms with van der Waals surface area (Å²) in [7, 11) is -3.97. The monoisotopic (exact) mass is 598 g/mol. The first-order valence-electron chi connectivity index (χ1n) is 13.7. The molecule has 0 saturated carbocycles. The van der Waals surface area contributed by atoms with Crippen LogP contribution in [-0.4, -0.2) is 80.6 Å². The Balaban J connectivity index is 1.28. The summed E-state index contributed by atoms with van der Waals surface area (Å²) in [4.78, 5) is 28.4. The van der Waals surface area contributed by atoms with E-state index in [2.05, 4.69) is 29.8 Å². The van der Waals surface area contributed by atoms with Crippen molar-refractivity contribution in [3.63, 3.8) is 0 Å². The van der Waals surface area contributed by atoms with Gasteiger partial charge in [0.05, 0.1) is 11.5 Å². The van der Waals surface area contributed by atoms with Crippen LogP contribution in [0.25, 0.3) is 0 Å². The highest BCUT2D eigenvalue weighted by Gasteiger charge is 2.32. The Morgan fingerprint density at radius 1 is 1.00 bits per heavy atom. The van der Waals surface area contributed by atoms with Crippen molar-refractivity contribution in [1.82, 2.24) is 20.0 Å². The number of nitrogens with zero attached hydrogens (tertiary/aromatic N) is 2. The largest absolute Gasteiger partial charge is 0.494 e. The molecule has 1 aliphatic heterocycles. The predicted octanol–water partition coefficient (Wildman–Crippen LogP) is 2.76. The zero-order chi connectivity index (χ0) is 30.1. The summed E-state index contributed by atoms with van der Waals surface area (Å²) in [5.74, 6) is -0.933. The van der Waals surface area contributed by atoms with Crippen molar-refractivity contribution in [2.24, 2.45) is 0 Å². The van der Waals surface area contributed by atoms with Crippen LogP contribution in [-0.2, 0) is 21.2 Å². The summed E-state index contributed by atoms with van der Waals surface area (Å²) in [6, 6.07) is 18.5.